The van der Waals surface area contributed by atoms with Gasteiger partial charge in [-0.2, -0.15) is 0 Å². The fourth-order valence-electron chi connectivity index (χ4n) is 3.63. The van der Waals surface area contributed by atoms with Crippen molar-refractivity contribution in [3.63, 3.8) is 0 Å². The minimum atomic E-state index is -0.222. The minimum Gasteiger partial charge on any atom is -0.370 e. The van der Waals surface area contributed by atoms with E-state index in [-0.39, 0.29) is 33.6 Å². The lowest BCUT2D eigenvalue weighted by molar-refractivity contribution is -0.182. The van der Waals surface area contributed by atoms with Crippen LogP contribution in [0.25, 0.3) is 0 Å². The van der Waals surface area contributed by atoms with Crippen LogP contribution in [0.3, 0.4) is 0 Å². The third-order valence-electron chi connectivity index (χ3n) is 5.11. The summed E-state index contributed by atoms with van der Waals surface area (Å²) in [4.78, 5) is 0. The van der Waals surface area contributed by atoms with Gasteiger partial charge in [-0.3, -0.25) is 0 Å². The third-order valence-corrected chi connectivity index (χ3v) is 7.07. The van der Waals surface area contributed by atoms with Gasteiger partial charge in [-0.15, -0.1) is 0 Å². The van der Waals surface area contributed by atoms with Gasteiger partial charge < -0.3 is 14.2 Å². The van der Waals surface area contributed by atoms with Gasteiger partial charge in [0.05, 0.1) is 31.5 Å². The SMILES string of the molecule is C[C@@H]1O[C@H]2[C@@H]([C@H](OCc3ccccc3)[C@H]1OCc1ccccc1)C2(Br)Br. The molecule has 1 aliphatic heterocycles. The fourth-order valence-corrected chi connectivity index (χ4v) is 5.15. The van der Waals surface area contributed by atoms with Crippen LogP contribution in [0.5, 0.6) is 0 Å². The first-order chi connectivity index (χ1) is 12.6. The number of benzene rings is 2. The molecular formula is C21H22Br2O3. The quantitative estimate of drug-likeness (QED) is 0.539. The number of hydrogen-bond donors (Lipinski definition) is 0. The zero-order valence-electron chi connectivity index (χ0n) is 14.6. The number of rotatable bonds is 6. The van der Waals surface area contributed by atoms with Crippen LogP contribution >= 0.6 is 31.9 Å². The molecule has 0 spiro atoms. The van der Waals surface area contributed by atoms with Crippen molar-refractivity contribution in [3.8, 4) is 0 Å². The molecule has 1 saturated heterocycles. The summed E-state index contributed by atoms with van der Waals surface area (Å²) in [6, 6.07) is 20.5. The largest absolute Gasteiger partial charge is 0.370 e. The Hall–Kier alpha value is -0.720. The van der Waals surface area contributed by atoms with Crippen molar-refractivity contribution in [2.45, 2.75) is 47.8 Å². The van der Waals surface area contributed by atoms with Crippen LogP contribution in [0.15, 0.2) is 60.7 Å². The molecule has 0 radical (unpaired) electrons. The Morgan fingerprint density at radius 1 is 0.846 bits per heavy atom. The van der Waals surface area contributed by atoms with E-state index in [1.807, 2.05) is 36.4 Å². The highest BCUT2D eigenvalue weighted by Gasteiger charge is 2.71. The molecule has 1 saturated carbocycles. The van der Waals surface area contributed by atoms with Crippen LogP contribution in [0, 0.1) is 5.92 Å². The summed E-state index contributed by atoms with van der Waals surface area (Å²) in [5.41, 5.74) is 2.32. The highest BCUT2D eigenvalue weighted by atomic mass is 79.9. The summed E-state index contributed by atoms with van der Waals surface area (Å²) < 4.78 is 18.6. The van der Waals surface area contributed by atoms with Gasteiger partial charge in [0, 0.05) is 5.92 Å². The van der Waals surface area contributed by atoms with Crippen molar-refractivity contribution >= 4 is 31.9 Å². The Morgan fingerprint density at radius 2 is 1.35 bits per heavy atom. The van der Waals surface area contributed by atoms with Gasteiger partial charge in [0.1, 0.15) is 9.34 Å². The molecular weight excluding hydrogens is 460 g/mol. The molecule has 0 N–H and O–H groups in total. The molecule has 2 aromatic rings. The highest BCUT2D eigenvalue weighted by molar-refractivity contribution is 9.25. The van der Waals surface area contributed by atoms with E-state index in [2.05, 4.69) is 63.0 Å². The second-order valence-electron chi connectivity index (χ2n) is 6.98. The molecule has 2 fully saturated rings. The van der Waals surface area contributed by atoms with Crippen molar-refractivity contribution in [3.05, 3.63) is 71.8 Å². The molecule has 4 rings (SSSR count). The molecule has 138 valence electrons. The maximum Gasteiger partial charge on any atom is 0.115 e. The van der Waals surface area contributed by atoms with Gasteiger partial charge in [-0.25, -0.2) is 0 Å². The van der Waals surface area contributed by atoms with Crippen molar-refractivity contribution in [1.82, 2.24) is 0 Å². The van der Waals surface area contributed by atoms with Gasteiger partial charge >= 0.3 is 0 Å². The highest BCUT2D eigenvalue weighted by Crippen LogP contribution is 2.63. The molecule has 2 aliphatic rings. The number of fused-ring (bicyclic) bond motifs is 1. The monoisotopic (exact) mass is 480 g/mol. The fraction of sp³-hybridized carbons (Fsp3) is 0.429. The molecule has 1 aliphatic carbocycles. The van der Waals surface area contributed by atoms with Gasteiger partial charge in [-0.05, 0) is 18.1 Å². The lowest BCUT2D eigenvalue weighted by Gasteiger charge is -2.35. The average molecular weight is 482 g/mol. The summed E-state index contributed by atoms with van der Waals surface area (Å²) in [7, 11) is 0. The first-order valence-electron chi connectivity index (χ1n) is 8.91. The molecule has 3 nitrogen and oxygen atoms in total. The second-order valence-corrected chi connectivity index (χ2v) is 10.7. The number of alkyl halides is 2. The minimum absolute atomic E-state index is 0.0299. The molecule has 0 unspecified atom stereocenters. The Balaban J connectivity index is 1.47. The Labute approximate surface area is 171 Å². The summed E-state index contributed by atoms with van der Waals surface area (Å²) in [5, 5.41) is 0. The van der Waals surface area contributed by atoms with E-state index >= 15 is 0 Å². The smallest absolute Gasteiger partial charge is 0.115 e. The van der Waals surface area contributed by atoms with Crippen molar-refractivity contribution in [2.24, 2.45) is 5.92 Å². The lowest BCUT2D eigenvalue weighted by Crippen LogP contribution is -2.47. The molecule has 0 amide bonds. The summed E-state index contributed by atoms with van der Waals surface area (Å²) >= 11 is 7.51. The molecule has 5 atom stereocenters. The Morgan fingerprint density at radius 3 is 1.88 bits per heavy atom. The van der Waals surface area contributed by atoms with E-state index < -0.39 is 0 Å². The lowest BCUT2D eigenvalue weighted by atomic mass is 10.0. The van der Waals surface area contributed by atoms with Gasteiger partial charge in [-0.1, -0.05) is 92.5 Å². The topological polar surface area (TPSA) is 27.7 Å². The first-order valence-corrected chi connectivity index (χ1v) is 10.5. The van der Waals surface area contributed by atoms with Crippen molar-refractivity contribution in [1.29, 1.82) is 0 Å². The Kier molecular flexibility index (Phi) is 5.53. The van der Waals surface area contributed by atoms with E-state index in [0.717, 1.165) is 5.56 Å². The predicted molar refractivity (Wildman–Crippen MR) is 108 cm³/mol. The summed E-state index contributed by atoms with van der Waals surface area (Å²) in [5.74, 6) is 0.225. The van der Waals surface area contributed by atoms with Crippen LogP contribution in [-0.4, -0.2) is 27.6 Å². The van der Waals surface area contributed by atoms with E-state index in [0.29, 0.717) is 13.2 Å². The number of halogens is 2. The summed E-state index contributed by atoms with van der Waals surface area (Å²) in [6.45, 7) is 3.20. The van der Waals surface area contributed by atoms with Crippen LogP contribution < -0.4 is 0 Å². The van der Waals surface area contributed by atoms with E-state index in [1.165, 1.54) is 5.56 Å². The normalized spacial score (nSPS) is 32.0. The van der Waals surface area contributed by atoms with Crippen LogP contribution in [0.1, 0.15) is 18.1 Å². The molecule has 2 aromatic carbocycles. The van der Waals surface area contributed by atoms with E-state index in [1.54, 1.807) is 0 Å². The standard InChI is InChI=1S/C21H22Br2O3/c1-14-18(24-12-15-8-4-2-5-9-15)19(17-20(26-14)21(17,22)23)25-13-16-10-6-3-7-11-16/h2-11,14,17-20H,12-13H2,1H3/t14-,17+,18-,19-,20-/m0/s1. The Bertz CT molecular complexity index is 723. The number of hydrogen-bond acceptors (Lipinski definition) is 3. The average Bonchev–Trinajstić information content (AvgIpc) is 3.20. The summed E-state index contributed by atoms with van der Waals surface area (Å²) in [6.07, 6.45) is -0.0730. The molecule has 0 bridgehead atoms. The van der Waals surface area contributed by atoms with Crippen LogP contribution in [-0.2, 0) is 27.4 Å². The zero-order valence-corrected chi connectivity index (χ0v) is 17.7. The zero-order chi connectivity index (χ0) is 18.1. The van der Waals surface area contributed by atoms with Crippen molar-refractivity contribution < 1.29 is 14.2 Å². The molecule has 0 aromatic heterocycles. The third kappa shape index (κ3) is 3.78. The van der Waals surface area contributed by atoms with Crippen molar-refractivity contribution in [2.75, 3.05) is 0 Å². The van der Waals surface area contributed by atoms with Crippen LogP contribution in [0.2, 0.25) is 0 Å². The first kappa shape index (κ1) is 18.6. The molecule has 5 heteroatoms. The van der Waals surface area contributed by atoms with Gasteiger partial charge in [0.15, 0.2) is 0 Å². The maximum atomic E-state index is 6.37. The molecule has 26 heavy (non-hydrogen) atoms. The number of ether oxygens (including phenoxy) is 3. The van der Waals surface area contributed by atoms with Gasteiger partial charge in [0.2, 0.25) is 0 Å². The van der Waals surface area contributed by atoms with E-state index in [9.17, 15) is 0 Å². The molecule has 1 heterocycles. The predicted octanol–water partition coefficient (Wildman–Crippen LogP) is 5.06. The maximum absolute atomic E-state index is 6.37. The van der Waals surface area contributed by atoms with Gasteiger partial charge in [0.25, 0.3) is 0 Å². The van der Waals surface area contributed by atoms with E-state index in [4.69, 9.17) is 14.2 Å². The second kappa shape index (κ2) is 7.72. The van der Waals surface area contributed by atoms with Crippen LogP contribution in [0.4, 0.5) is 0 Å².